The van der Waals surface area contributed by atoms with E-state index in [9.17, 15) is 20.2 Å². The van der Waals surface area contributed by atoms with Gasteiger partial charge in [0.05, 0.1) is 16.6 Å². The maximum Gasteiger partial charge on any atom is 0.280 e. The van der Waals surface area contributed by atoms with Crippen LogP contribution in [0.1, 0.15) is 5.56 Å². The molecule has 1 aliphatic rings. The Morgan fingerprint density at radius 1 is 1.24 bits per heavy atom. The summed E-state index contributed by atoms with van der Waals surface area (Å²) in [4.78, 5) is 22.9. The molecule has 3 rings (SSSR count). The molecule has 124 valence electrons. The number of nitro groups is 1. The van der Waals surface area contributed by atoms with E-state index in [1.165, 1.54) is 12.1 Å². The summed E-state index contributed by atoms with van der Waals surface area (Å²) in [5.41, 5.74) is 0.0261. The smallest absolute Gasteiger partial charge is 0.280 e. The van der Waals surface area contributed by atoms with Crippen LogP contribution in [-0.2, 0) is 4.79 Å². The predicted molar refractivity (Wildman–Crippen MR) is 87.9 cm³/mol. The predicted octanol–water partition coefficient (Wildman–Crippen LogP) is 2.87. The summed E-state index contributed by atoms with van der Waals surface area (Å²) in [6.45, 7) is -0.0424. The maximum absolute atomic E-state index is 12.2. The molecule has 0 radical (unpaired) electrons. The normalized spacial score (nSPS) is 12.4. The number of rotatable bonds is 4. The molecule has 2 aromatic rings. The number of nitriles is 1. The SMILES string of the molecule is N#C/C(=C\c1cc2c(cc1[N+](=O)[O-])OCO2)C(=O)Nc1ccccc1. The van der Waals surface area contributed by atoms with Crippen molar-refractivity contribution in [3.63, 3.8) is 0 Å². The molecule has 0 aromatic heterocycles. The number of nitrogens with one attached hydrogen (secondary N) is 1. The molecule has 0 saturated carbocycles. The van der Waals surface area contributed by atoms with E-state index < -0.39 is 10.8 Å². The topological polar surface area (TPSA) is 114 Å². The summed E-state index contributed by atoms with van der Waals surface area (Å²) < 4.78 is 10.3. The second kappa shape index (κ2) is 6.72. The quantitative estimate of drug-likeness (QED) is 0.397. The monoisotopic (exact) mass is 337 g/mol. The summed E-state index contributed by atoms with van der Waals surface area (Å²) in [6.07, 6.45) is 1.15. The highest BCUT2D eigenvalue weighted by Gasteiger charge is 2.23. The lowest BCUT2D eigenvalue weighted by Gasteiger charge is -2.05. The Morgan fingerprint density at radius 3 is 2.56 bits per heavy atom. The van der Waals surface area contributed by atoms with Gasteiger partial charge in [-0.25, -0.2) is 0 Å². The molecule has 0 aliphatic carbocycles. The molecule has 1 heterocycles. The second-order valence-electron chi connectivity index (χ2n) is 5.01. The number of nitrogens with zero attached hydrogens (tertiary/aromatic N) is 2. The Bertz CT molecular complexity index is 916. The Kier molecular flexibility index (Phi) is 4.30. The average molecular weight is 337 g/mol. The summed E-state index contributed by atoms with van der Waals surface area (Å²) in [6, 6.07) is 12.9. The minimum absolute atomic E-state index is 0.0424. The maximum atomic E-state index is 12.2. The Morgan fingerprint density at radius 2 is 1.92 bits per heavy atom. The van der Waals surface area contributed by atoms with Crippen molar-refractivity contribution >= 4 is 23.4 Å². The van der Waals surface area contributed by atoms with Gasteiger partial charge in [-0.05, 0) is 24.3 Å². The molecule has 8 heteroatoms. The summed E-state index contributed by atoms with van der Waals surface area (Å²) >= 11 is 0. The molecule has 8 nitrogen and oxygen atoms in total. The standard InChI is InChI=1S/C17H11N3O5/c18-9-12(17(21)19-13-4-2-1-3-5-13)6-11-7-15-16(25-10-24-15)8-14(11)20(22)23/h1-8H,10H2,(H,19,21)/b12-6+. The molecule has 25 heavy (non-hydrogen) atoms. The molecular formula is C17H11N3O5. The van der Waals surface area contributed by atoms with Crippen LogP contribution >= 0.6 is 0 Å². The van der Waals surface area contributed by atoms with E-state index in [4.69, 9.17) is 9.47 Å². The van der Waals surface area contributed by atoms with Crippen LogP contribution in [-0.4, -0.2) is 17.6 Å². The van der Waals surface area contributed by atoms with Crippen LogP contribution in [0.25, 0.3) is 6.08 Å². The first kappa shape index (κ1) is 16.0. The third-order valence-corrected chi connectivity index (χ3v) is 3.42. The fourth-order valence-corrected chi connectivity index (χ4v) is 2.24. The van der Waals surface area contributed by atoms with Gasteiger partial charge < -0.3 is 14.8 Å². The molecule has 2 aromatic carbocycles. The van der Waals surface area contributed by atoms with E-state index in [2.05, 4.69) is 5.32 Å². The van der Waals surface area contributed by atoms with Crippen LogP contribution in [0.15, 0.2) is 48.0 Å². The highest BCUT2D eigenvalue weighted by molar-refractivity contribution is 6.10. The van der Waals surface area contributed by atoms with Crippen LogP contribution in [0.2, 0.25) is 0 Å². The average Bonchev–Trinajstić information content (AvgIpc) is 3.06. The van der Waals surface area contributed by atoms with Crippen molar-refractivity contribution in [2.24, 2.45) is 0 Å². The largest absolute Gasteiger partial charge is 0.454 e. The van der Waals surface area contributed by atoms with Crippen LogP contribution in [0.3, 0.4) is 0 Å². The number of ether oxygens (including phenoxy) is 2. The van der Waals surface area contributed by atoms with Crippen molar-refractivity contribution in [2.45, 2.75) is 0 Å². The number of fused-ring (bicyclic) bond motifs is 1. The van der Waals surface area contributed by atoms with Gasteiger partial charge in [-0.3, -0.25) is 14.9 Å². The van der Waals surface area contributed by atoms with Gasteiger partial charge in [-0.15, -0.1) is 0 Å². The molecule has 1 aliphatic heterocycles. The third kappa shape index (κ3) is 3.40. The number of nitro benzene ring substituents is 1. The van der Waals surface area contributed by atoms with Gasteiger partial charge in [0.25, 0.3) is 11.6 Å². The zero-order valence-electron chi connectivity index (χ0n) is 12.8. The molecule has 1 amide bonds. The zero-order valence-corrected chi connectivity index (χ0v) is 12.8. The lowest BCUT2D eigenvalue weighted by atomic mass is 10.1. The fraction of sp³-hybridized carbons (Fsp3) is 0.0588. The molecular weight excluding hydrogens is 326 g/mol. The first-order valence-electron chi connectivity index (χ1n) is 7.14. The molecule has 0 saturated heterocycles. The first-order chi connectivity index (χ1) is 12.1. The van der Waals surface area contributed by atoms with Crippen molar-refractivity contribution in [1.82, 2.24) is 0 Å². The number of para-hydroxylation sites is 1. The number of hydrogen-bond donors (Lipinski definition) is 1. The number of carbonyl (C=O) groups is 1. The van der Waals surface area contributed by atoms with E-state index >= 15 is 0 Å². The van der Waals surface area contributed by atoms with Crippen molar-refractivity contribution in [1.29, 1.82) is 5.26 Å². The zero-order chi connectivity index (χ0) is 17.8. The minimum atomic E-state index is -0.666. The molecule has 0 spiro atoms. The van der Waals surface area contributed by atoms with Gasteiger partial charge in [0.15, 0.2) is 11.5 Å². The minimum Gasteiger partial charge on any atom is -0.454 e. The van der Waals surface area contributed by atoms with Gasteiger partial charge >= 0.3 is 0 Å². The summed E-state index contributed by atoms with van der Waals surface area (Å²) in [5, 5.41) is 23.1. The van der Waals surface area contributed by atoms with E-state index in [0.29, 0.717) is 11.4 Å². The summed E-state index contributed by atoms with van der Waals surface area (Å²) in [5.74, 6) is -0.102. The first-order valence-corrected chi connectivity index (χ1v) is 7.14. The molecule has 0 fully saturated rings. The molecule has 0 bridgehead atoms. The van der Waals surface area contributed by atoms with E-state index in [1.807, 2.05) is 0 Å². The number of amides is 1. The van der Waals surface area contributed by atoms with Gasteiger partial charge in [-0.2, -0.15) is 5.26 Å². The van der Waals surface area contributed by atoms with E-state index in [-0.39, 0.29) is 29.4 Å². The van der Waals surface area contributed by atoms with Gasteiger partial charge in [0.1, 0.15) is 11.6 Å². The molecule has 0 unspecified atom stereocenters. The Labute approximate surface area is 142 Å². The number of anilines is 1. The van der Waals surface area contributed by atoms with Crippen LogP contribution in [0, 0.1) is 21.4 Å². The van der Waals surface area contributed by atoms with E-state index in [0.717, 1.165) is 6.08 Å². The van der Waals surface area contributed by atoms with Gasteiger partial charge in [-0.1, -0.05) is 18.2 Å². The highest BCUT2D eigenvalue weighted by atomic mass is 16.7. The van der Waals surface area contributed by atoms with Crippen LogP contribution in [0.5, 0.6) is 11.5 Å². The Hall–Kier alpha value is -3.86. The van der Waals surface area contributed by atoms with Gasteiger partial charge in [0.2, 0.25) is 6.79 Å². The van der Waals surface area contributed by atoms with Crippen molar-refractivity contribution in [3.8, 4) is 17.6 Å². The lowest BCUT2D eigenvalue weighted by Crippen LogP contribution is -2.13. The van der Waals surface area contributed by atoms with E-state index in [1.54, 1.807) is 36.4 Å². The fourth-order valence-electron chi connectivity index (χ4n) is 2.24. The lowest BCUT2D eigenvalue weighted by molar-refractivity contribution is -0.385. The Balaban J connectivity index is 1.96. The van der Waals surface area contributed by atoms with Crippen molar-refractivity contribution in [3.05, 3.63) is 63.7 Å². The second-order valence-corrected chi connectivity index (χ2v) is 5.01. The number of benzene rings is 2. The van der Waals surface area contributed by atoms with Crippen LogP contribution in [0.4, 0.5) is 11.4 Å². The van der Waals surface area contributed by atoms with Crippen LogP contribution < -0.4 is 14.8 Å². The number of carbonyl (C=O) groups excluding carboxylic acids is 1. The van der Waals surface area contributed by atoms with Gasteiger partial charge in [0, 0.05) is 5.69 Å². The molecule has 1 N–H and O–H groups in total. The molecule has 0 atom stereocenters. The number of hydrogen-bond acceptors (Lipinski definition) is 6. The summed E-state index contributed by atoms with van der Waals surface area (Å²) in [7, 11) is 0. The van der Waals surface area contributed by atoms with Crippen molar-refractivity contribution in [2.75, 3.05) is 12.1 Å². The third-order valence-electron chi connectivity index (χ3n) is 3.42. The highest BCUT2D eigenvalue weighted by Crippen LogP contribution is 2.38. The van der Waals surface area contributed by atoms with Crippen molar-refractivity contribution < 1.29 is 19.2 Å².